The van der Waals surface area contributed by atoms with Gasteiger partial charge in [0, 0.05) is 35.2 Å². The number of carbonyl (C=O) groups is 2. The molecule has 2 amide bonds. The maximum Gasteiger partial charge on any atom is 0.254 e. The molecular formula is C19H19BrN2O2. The SMILES string of the molecule is CC(=O)Nc1ccc(C(=O)N(Cc2cccc(Br)c2)C2CC2)cc1. The lowest BCUT2D eigenvalue weighted by atomic mass is 10.1. The van der Waals surface area contributed by atoms with E-state index in [1.54, 1.807) is 24.3 Å². The average molecular weight is 387 g/mol. The van der Waals surface area contributed by atoms with Crippen LogP contribution in [-0.2, 0) is 11.3 Å². The Morgan fingerprint density at radius 1 is 1.17 bits per heavy atom. The summed E-state index contributed by atoms with van der Waals surface area (Å²) in [5, 5.41) is 2.71. The van der Waals surface area contributed by atoms with Crippen LogP contribution in [0.25, 0.3) is 0 Å². The molecule has 0 aromatic heterocycles. The van der Waals surface area contributed by atoms with Crippen molar-refractivity contribution in [3.63, 3.8) is 0 Å². The Balaban J connectivity index is 1.76. The Kier molecular flexibility index (Phi) is 5.00. The first-order chi connectivity index (χ1) is 11.5. The maximum atomic E-state index is 12.9. The summed E-state index contributed by atoms with van der Waals surface area (Å²) in [6, 6.07) is 15.4. The molecule has 5 heteroatoms. The smallest absolute Gasteiger partial charge is 0.254 e. The fraction of sp³-hybridized carbons (Fsp3) is 0.263. The fourth-order valence-corrected chi connectivity index (χ4v) is 3.10. The number of halogens is 1. The predicted molar refractivity (Wildman–Crippen MR) is 97.8 cm³/mol. The van der Waals surface area contributed by atoms with Crippen LogP contribution < -0.4 is 5.32 Å². The van der Waals surface area contributed by atoms with E-state index < -0.39 is 0 Å². The second-order valence-electron chi connectivity index (χ2n) is 6.05. The summed E-state index contributed by atoms with van der Waals surface area (Å²) < 4.78 is 1.02. The Hall–Kier alpha value is -2.14. The summed E-state index contributed by atoms with van der Waals surface area (Å²) in [7, 11) is 0. The highest BCUT2D eigenvalue weighted by Gasteiger charge is 2.33. The lowest BCUT2D eigenvalue weighted by molar-refractivity contribution is -0.114. The van der Waals surface area contributed by atoms with Gasteiger partial charge < -0.3 is 10.2 Å². The zero-order valence-corrected chi connectivity index (χ0v) is 15.0. The molecule has 4 nitrogen and oxygen atoms in total. The minimum atomic E-state index is -0.122. The van der Waals surface area contributed by atoms with Crippen molar-refractivity contribution in [2.75, 3.05) is 5.32 Å². The number of benzene rings is 2. The van der Waals surface area contributed by atoms with Crippen LogP contribution in [-0.4, -0.2) is 22.8 Å². The molecule has 0 spiro atoms. The van der Waals surface area contributed by atoms with Gasteiger partial charge in [0.25, 0.3) is 5.91 Å². The minimum absolute atomic E-state index is 0.0341. The van der Waals surface area contributed by atoms with E-state index in [4.69, 9.17) is 0 Å². The minimum Gasteiger partial charge on any atom is -0.331 e. The van der Waals surface area contributed by atoms with E-state index in [1.165, 1.54) is 6.92 Å². The quantitative estimate of drug-likeness (QED) is 0.836. The molecule has 0 heterocycles. The van der Waals surface area contributed by atoms with Gasteiger partial charge in [-0.25, -0.2) is 0 Å². The monoisotopic (exact) mass is 386 g/mol. The van der Waals surface area contributed by atoms with Crippen LogP contribution in [0.2, 0.25) is 0 Å². The highest BCUT2D eigenvalue weighted by molar-refractivity contribution is 9.10. The van der Waals surface area contributed by atoms with Crippen LogP contribution in [0, 0.1) is 0 Å². The molecular weight excluding hydrogens is 368 g/mol. The van der Waals surface area contributed by atoms with Crippen molar-refractivity contribution in [3.8, 4) is 0 Å². The van der Waals surface area contributed by atoms with E-state index in [0.29, 0.717) is 23.8 Å². The number of anilines is 1. The van der Waals surface area contributed by atoms with Crippen molar-refractivity contribution >= 4 is 33.4 Å². The van der Waals surface area contributed by atoms with Crippen LogP contribution >= 0.6 is 15.9 Å². The van der Waals surface area contributed by atoms with Crippen molar-refractivity contribution < 1.29 is 9.59 Å². The van der Waals surface area contributed by atoms with Crippen LogP contribution in [0.15, 0.2) is 53.0 Å². The zero-order valence-electron chi connectivity index (χ0n) is 13.5. The summed E-state index contributed by atoms with van der Waals surface area (Å²) in [5.74, 6) is -0.0878. The molecule has 24 heavy (non-hydrogen) atoms. The van der Waals surface area contributed by atoms with E-state index in [9.17, 15) is 9.59 Å². The Bertz CT molecular complexity index is 754. The lowest BCUT2D eigenvalue weighted by Gasteiger charge is -2.23. The van der Waals surface area contributed by atoms with E-state index in [-0.39, 0.29) is 11.8 Å². The van der Waals surface area contributed by atoms with E-state index in [2.05, 4.69) is 21.2 Å². The molecule has 0 unspecified atom stereocenters. The van der Waals surface area contributed by atoms with E-state index >= 15 is 0 Å². The van der Waals surface area contributed by atoms with Crippen LogP contribution in [0.1, 0.15) is 35.7 Å². The number of carbonyl (C=O) groups excluding carboxylic acids is 2. The van der Waals surface area contributed by atoms with Crippen LogP contribution in [0.5, 0.6) is 0 Å². The molecule has 1 aliphatic carbocycles. The molecule has 0 aliphatic heterocycles. The second-order valence-corrected chi connectivity index (χ2v) is 6.97. The molecule has 1 aliphatic rings. The Morgan fingerprint density at radius 2 is 1.88 bits per heavy atom. The molecule has 3 rings (SSSR count). The highest BCUT2D eigenvalue weighted by atomic mass is 79.9. The summed E-state index contributed by atoms with van der Waals surface area (Å²) in [5.41, 5.74) is 2.45. The molecule has 1 fully saturated rings. The second kappa shape index (κ2) is 7.18. The number of nitrogens with zero attached hydrogens (tertiary/aromatic N) is 1. The zero-order chi connectivity index (χ0) is 17.1. The van der Waals surface area contributed by atoms with Gasteiger partial charge >= 0.3 is 0 Å². The fourth-order valence-electron chi connectivity index (χ4n) is 2.65. The first kappa shape index (κ1) is 16.7. The molecule has 0 bridgehead atoms. The third-order valence-corrected chi connectivity index (χ3v) is 4.44. The molecule has 1 N–H and O–H groups in total. The van der Waals surface area contributed by atoms with Crippen molar-refractivity contribution in [2.24, 2.45) is 0 Å². The number of nitrogens with one attached hydrogen (secondary N) is 1. The third-order valence-electron chi connectivity index (χ3n) is 3.94. The van der Waals surface area contributed by atoms with Crippen molar-refractivity contribution in [1.29, 1.82) is 0 Å². The number of amides is 2. The molecule has 2 aromatic rings. The summed E-state index contributed by atoms with van der Waals surface area (Å²) in [4.78, 5) is 25.9. The number of hydrogen-bond acceptors (Lipinski definition) is 2. The van der Waals surface area contributed by atoms with E-state index in [1.807, 2.05) is 29.2 Å². The van der Waals surface area contributed by atoms with Crippen molar-refractivity contribution in [1.82, 2.24) is 4.90 Å². The van der Waals surface area contributed by atoms with Gasteiger partial charge in [-0.15, -0.1) is 0 Å². The highest BCUT2D eigenvalue weighted by Crippen LogP contribution is 2.30. The summed E-state index contributed by atoms with van der Waals surface area (Å²) >= 11 is 3.48. The van der Waals surface area contributed by atoms with Gasteiger partial charge in [0.1, 0.15) is 0 Å². The largest absolute Gasteiger partial charge is 0.331 e. The van der Waals surface area contributed by atoms with Gasteiger partial charge in [0.2, 0.25) is 5.91 Å². The van der Waals surface area contributed by atoms with Gasteiger partial charge in [-0.05, 0) is 54.8 Å². The van der Waals surface area contributed by atoms with Crippen molar-refractivity contribution in [2.45, 2.75) is 32.4 Å². The standard InChI is InChI=1S/C19H19BrN2O2/c1-13(23)21-17-7-5-15(6-8-17)19(24)22(18-9-10-18)12-14-3-2-4-16(20)11-14/h2-8,11,18H,9-10,12H2,1H3,(H,21,23). The Labute approximate surface area is 150 Å². The topological polar surface area (TPSA) is 49.4 Å². The molecule has 0 atom stereocenters. The molecule has 0 saturated heterocycles. The van der Waals surface area contributed by atoms with Gasteiger partial charge in [-0.1, -0.05) is 28.1 Å². The Morgan fingerprint density at radius 3 is 2.46 bits per heavy atom. The van der Waals surface area contributed by atoms with E-state index in [0.717, 1.165) is 22.9 Å². The summed E-state index contributed by atoms with van der Waals surface area (Å²) in [6.07, 6.45) is 2.12. The van der Waals surface area contributed by atoms with Crippen LogP contribution in [0.4, 0.5) is 5.69 Å². The first-order valence-corrected chi connectivity index (χ1v) is 8.75. The normalized spacial score (nSPS) is 13.4. The van der Waals surface area contributed by atoms with Gasteiger partial charge in [0.15, 0.2) is 0 Å². The first-order valence-electron chi connectivity index (χ1n) is 7.96. The number of hydrogen-bond donors (Lipinski definition) is 1. The van der Waals surface area contributed by atoms with Gasteiger partial charge in [0.05, 0.1) is 0 Å². The van der Waals surface area contributed by atoms with Gasteiger partial charge in [-0.2, -0.15) is 0 Å². The lowest BCUT2D eigenvalue weighted by Crippen LogP contribution is -2.32. The summed E-state index contributed by atoms with van der Waals surface area (Å²) in [6.45, 7) is 2.07. The molecule has 2 aromatic carbocycles. The maximum absolute atomic E-state index is 12.9. The predicted octanol–water partition coefficient (Wildman–Crippen LogP) is 4.21. The molecule has 0 radical (unpaired) electrons. The third kappa shape index (κ3) is 4.23. The van der Waals surface area contributed by atoms with Crippen molar-refractivity contribution in [3.05, 3.63) is 64.1 Å². The number of rotatable bonds is 5. The van der Waals surface area contributed by atoms with Gasteiger partial charge in [-0.3, -0.25) is 9.59 Å². The molecule has 1 saturated carbocycles. The molecule has 124 valence electrons. The average Bonchev–Trinajstić information content (AvgIpc) is 3.37. The van der Waals surface area contributed by atoms with Crippen LogP contribution in [0.3, 0.4) is 0 Å².